The molecule has 0 aromatic carbocycles. The number of hydrogen-bond acceptors (Lipinski definition) is 5. The van der Waals surface area contributed by atoms with Gasteiger partial charge in [-0.3, -0.25) is 0 Å². The summed E-state index contributed by atoms with van der Waals surface area (Å²) >= 11 is 3.46. The normalized spacial score (nSPS) is 16.9. The van der Waals surface area contributed by atoms with Crippen molar-refractivity contribution in [1.29, 1.82) is 0 Å². The van der Waals surface area contributed by atoms with Gasteiger partial charge in [0.25, 0.3) is 0 Å². The molecule has 6 heteroatoms. The highest BCUT2D eigenvalue weighted by Crippen LogP contribution is 2.35. The van der Waals surface area contributed by atoms with Gasteiger partial charge in [0.1, 0.15) is 5.82 Å². The number of rotatable bonds is 4. The molecule has 2 aromatic heterocycles. The van der Waals surface area contributed by atoms with Crippen molar-refractivity contribution < 1.29 is 0 Å². The van der Waals surface area contributed by atoms with Crippen LogP contribution in [0.4, 0.5) is 0 Å². The zero-order valence-corrected chi connectivity index (χ0v) is 12.4. The lowest BCUT2D eigenvalue weighted by molar-refractivity contribution is 0.590. The maximum Gasteiger partial charge on any atom is 0.191 e. The topological polar surface area (TPSA) is 56.7 Å². The Bertz CT molecular complexity index is 521. The summed E-state index contributed by atoms with van der Waals surface area (Å²) in [6.07, 6.45) is 4.80. The minimum Gasteiger partial charge on any atom is -0.329 e. The first-order valence-corrected chi connectivity index (χ1v) is 8.51. The Labute approximate surface area is 121 Å². The van der Waals surface area contributed by atoms with Gasteiger partial charge in [0.05, 0.1) is 5.25 Å². The van der Waals surface area contributed by atoms with Crippen molar-refractivity contribution >= 4 is 23.1 Å². The Morgan fingerprint density at radius 2 is 2.32 bits per heavy atom. The second-order valence-electron chi connectivity index (χ2n) is 4.76. The van der Waals surface area contributed by atoms with Crippen molar-refractivity contribution in [3.8, 4) is 0 Å². The molecule has 3 heterocycles. The molecule has 102 valence electrons. The van der Waals surface area contributed by atoms with Gasteiger partial charge in [-0.15, -0.1) is 10.2 Å². The number of thioether (sulfide) groups is 1. The van der Waals surface area contributed by atoms with Crippen LogP contribution in [0, 0.1) is 0 Å². The Morgan fingerprint density at radius 1 is 1.37 bits per heavy atom. The largest absolute Gasteiger partial charge is 0.329 e. The quantitative estimate of drug-likeness (QED) is 0.881. The third-order valence-electron chi connectivity index (χ3n) is 3.45. The predicted molar refractivity (Wildman–Crippen MR) is 79.5 cm³/mol. The van der Waals surface area contributed by atoms with Crippen LogP contribution < -0.4 is 5.73 Å². The van der Waals surface area contributed by atoms with Crippen molar-refractivity contribution in [2.24, 2.45) is 5.73 Å². The molecule has 3 rings (SSSR count). The van der Waals surface area contributed by atoms with E-state index in [4.69, 9.17) is 5.73 Å². The molecule has 1 unspecified atom stereocenters. The van der Waals surface area contributed by atoms with Crippen molar-refractivity contribution in [3.63, 3.8) is 0 Å². The number of nitrogens with two attached hydrogens (primary N) is 1. The van der Waals surface area contributed by atoms with Gasteiger partial charge < -0.3 is 10.3 Å². The van der Waals surface area contributed by atoms with E-state index in [1.165, 1.54) is 24.8 Å². The Kier molecular flexibility index (Phi) is 4.20. The van der Waals surface area contributed by atoms with E-state index in [9.17, 15) is 0 Å². The van der Waals surface area contributed by atoms with Crippen molar-refractivity contribution in [2.45, 2.75) is 42.6 Å². The molecule has 1 atom stereocenters. The third-order valence-corrected chi connectivity index (χ3v) is 5.42. The lowest BCUT2D eigenvalue weighted by atomic mass is 10.2. The van der Waals surface area contributed by atoms with E-state index in [0.29, 0.717) is 6.54 Å². The van der Waals surface area contributed by atoms with Gasteiger partial charge in [0.15, 0.2) is 5.16 Å². The Balaban J connectivity index is 1.81. The molecule has 0 saturated carbocycles. The minimum absolute atomic E-state index is 0.280. The number of aryl methyl sites for hydroxylation is 1. The Morgan fingerprint density at radius 3 is 3.11 bits per heavy atom. The van der Waals surface area contributed by atoms with Crippen LogP contribution in [0.3, 0.4) is 0 Å². The van der Waals surface area contributed by atoms with Crippen LogP contribution in [0.25, 0.3) is 0 Å². The van der Waals surface area contributed by atoms with Crippen LogP contribution in [-0.4, -0.2) is 21.3 Å². The van der Waals surface area contributed by atoms with Crippen molar-refractivity contribution in [3.05, 3.63) is 28.2 Å². The van der Waals surface area contributed by atoms with Crippen LogP contribution in [0.2, 0.25) is 0 Å². The molecule has 0 saturated heterocycles. The summed E-state index contributed by atoms with van der Waals surface area (Å²) < 4.78 is 2.28. The summed E-state index contributed by atoms with van der Waals surface area (Å²) in [6.45, 7) is 1.68. The third kappa shape index (κ3) is 2.85. The highest BCUT2D eigenvalue weighted by molar-refractivity contribution is 7.99. The van der Waals surface area contributed by atoms with Crippen LogP contribution in [0.5, 0.6) is 0 Å². The fourth-order valence-corrected chi connectivity index (χ4v) is 4.23. The van der Waals surface area contributed by atoms with E-state index in [2.05, 4.69) is 31.6 Å². The monoisotopic (exact) mass is 294 g/mol. The fraction of sp³-hybridized carbons (Fsp3) is 0.538. The summed E-state index contributed by atoms with van der Waals surface area (Å²) in [5, 5.41) is 14.3. The average molecular weight is 294 g/mol. The maximum atomic E-state index is 5.91. The summed E-state index contributed by atoms with van der Waals surface area (Å²) in [7, 11) is 0. The summed E-state index contributed by atoms with van der Waals surface area (Å²) in [5.41, 5.74) is 7.21. The van der Waals surface area contributed by atoms with Crippen molar-refractivity contribution in [2.75, 3.05) is 6.54 Å². The van der Waals surface area contributed by atoms with Gasteiger partial charge in [-0.1, -0.05) is 18.2 Å². The number of thiophene rings is 1. The van der Waals surface area contributed by atoms with Crippen LogP contribution in [0.1, 0.15) is 35.9 Å². The van der Waals surface area contributed by atoms with E-state index in [1.807, 2.05) is 0 Å². The van der Waals surface area contributed by atoms with E-state index >= 15 is 0 Å². The van der Waals surface area contributed by atoms with Crippen molar-refractivity contribution in [1.82, 2.24) is 14.8 Å². The maximum absolute atomic E-state index is 5.91. The molecule has 0 spiro atoms. The first kappa shape index (κ1) is 13.1. The molecule has 0 aliphatic carbocycles. The number of nitrogens with zero attached hydrogens (tertiary/aromatic N) is 3. The van der Waals surface area contributed by atoms with Gasteiger partial charge in [0, 0.05) is 19.5 Å². The lowest BCUT2D eigenvalue weighted by Crippen LogP contribution is -2.10. The molecule has 4 nitrogen and oxygen atoms in total. The molecular weight excluding hydrogens is 276 g/mol. The second-order valence-corrected chi connectivity index (χ2v) is 6.71. The minimum atomic E-state index is 0.280. The lowest BCUT2D eigenvalue weighted by Gasteiger charge is -2.13. The van der Waals surface area contributed by atoms with E-state index in [0.717, 1.165) is 23.9 Å². The highest BCUT2D eigenvalue weighted by atomic mass is 32.2. The van der Waals surface area contributed by atoms with Crippen LogP contribution in [-0.2, 0) is 13.0 Å². The summed E-state index contributed by atoms with van der Waals surface area (Å²) in [4.78, 5) is 0. The van der Waals surface area contributed by atoms with Gasteiger partial charge in [0.2, 0.25) is 0 Å². The molecule has 0 fully saturated rings. The standard InChI is InChI=1S/C13H18N4S2/c14-8-11(10-5-7-18-9-10)19-13-16-15-12-4-2-1-3-6-17(12)13/h5,7,9,11H,1-4,6,8,14H2. The molecule has 1 aliphatic heterocycles. The zero-order valence-electron chi connectivity index (χ0n) is 10.8. The van der Waals surface area contributed by atoms with E-state index < -0.39 is 0 Å². The molecule has 2 N–H and O–H groups in total. The highest BCUT2D eigenvalue weighted by Gasteiger charge is 2.19. The first-order valence-electron chi connectivity index (χ1n) is 6.69. The zero-order chi connectivity index (χ0) is 13.1. The van der Waals surface area contributed by atoms with E-state index in [1.54, 1.807) is 23.1 Å². The van der Waals surface area contributed by atoms with Crippen LogP contribution >= 0.6 is 23.1 Å². The molecule has 2 aromatic rings. The fourth-order valence-electron chi connectivity index (χ4n) is 2.38. The molecule has 0 amide bonds. The van der Waals surface area contributed by atoms with Gasteiger partial charge in [-0.2, -0.15) is 11.3 Å². The summed E-state index contributed by atoms with van der Waals surface area (Å²) in [6, 6.07) is 2.15. The smallest absolute Gasteiger partial charge is 0.191 e. The number of aromatic nitrogens is 3. The predicted octanol–water partition coefficient (Wildman–Crippen LogP) is 2.86. The molecule has 0 bridgehead atoms. The van der Waals surface area contributed by atoms with E-state index in [-0.39, 0.29) is 5.25 Å². The molecular formula is C13H18N4S2. The average Bonchev–Trinajstić information content (AvgIpc) is 3.02. The summed E-state index contributed by atoms with van der Waals surface area (Å²) in [5.74, 6) is 1.14. The van der Waals surface area contributed by atoms with Crippen LogP contribution in [0.15, 0.2) is 22.0 Å². The molecule has 0 radical (unpaired) electrons. The van der Waals surface area contributed by atoms with Gasteiger partial charge >= 0.3 is 0 Å². The second kappa shape index (κ2) is 6.07. The number of fused-ring (bicyclic) bond motifs is 1. The Hall–Kier alpha value is -0.850. The van der Waals surface area contributed by atoms with Gasteiger partial charge in [-0.05, 0) is 35.2 Å². The van der Waals surface area contributed by atoms with Gasteiger partial charge in [-0.25, -0.2) is 0 Å². The molecule has 1 aliphatic rings. The number of hydrogen-bond donors (Lipinski definition) is 1. The first-order chi connectivity index (χ1) is 9.38. The SMILES string of the molecule is NCC(Sc1nnc2n1CCCCC2)c1ccsc1. The molecule has 19 heavy (non-hydrogen) atoms.